The number of methoxy groups -OCH3 is 1. The van der Waals surface area contributed by atoms with Crippen molar-refractivity contribution >= 4 is 5.97 Å². The van der Waals surface area contributed by atoms with Crippen molar-refractivity contribution in [2.75, 3.05) is 13.7 Å². The maximum Gasteiger partial charge on any atom is 0.313 e. The number of ether oxygens (including phenoxy) is 1. The highest BCUT2D eigenvalue weighted by Crippen LogP contribution is 2.43. The van der Waals surface area contributed by atoms with Crippen LogP contribution in [0.1, 0.15) is 46.0 Å². The minimum absolute atomic E-state index is 0.109. The lowest BCUT2D eigenvalue weighted by molar-refractivity contribution is -0.153. The van der Waals surface area contributed by atoms with E-state index in [1.807, 2.05) is 0 Å². The second-order valence-corrected chi connectivity index (χ2v) is 5.56. The van der Waals surface area contributed by atoms with Crippen molar-refractivity contribution in [1.29, 1.82) is 0 Å². The number of esters is 1. The predicted molar refractivity (Wildman–Crippen MR) is 64.9 cm³/mol. The van der Waals surface area contributed by atoms with Gasteiger partial charge in [0, 0.05) is 6.54 Å². The van der Waals surface area contributed by atoms with Crippen LogP contribution in [-0.4, -0.2) is 19.6 Å². The average Bonchev–Trinajstić information content (AvgIpc) is 3.06. The van der Waals surface area contributed by atoms with Crippen LogP contribution in [0.2, 0.25) is 0 Å². The maximum absolute atomic E-state index is 11.9. The molecule has 0 aromatic rings. The first-order valence-corrected chi connectivity index (χ1v) is 6.32. The second-order valence-electron chi connectivity index (χ2n) is 5.56. The van der Waals surface area contributed by atoms with Crippen molar-refractivity contribution in [1.82, 2.24) is 0 Å². The van der Waals surface area contributed by atoms with Crippen molar-refractivity contribution in [3.8, 4) is 0 Å². The van der Waals surface area contributed by atoms with Crippen LogP contribution in [0, 0.1) is 17.3 Å². The highest BCUT2D eigenvalue weighted by molar-refractivity contribution is 5.77. The molecule has 1 aliphatic carbocycles. The van der Waals surface area contributed by atoms with Gasteiger partial charge in [-0.25, -0.2) is 0 Å². The lowest BCUT2D eigenvalue weighted by atomic mass is 9.77. The Bertz CT molecular complexity index is 236. The van der Waals surface area contributed by atoms with Crippen molar-refractivity contribution < 1.29 is 9.53 Å². The summed E-state index contributed by atoms with van der Waals surface area (Å²) in [4.78, 5) is 11.9. The van der Waals surface area contributed by atoms with Crippen LogP contribution >= 0.6 is 0 Å². The molecule has 3 nitrogen and oxygen atoms in total. The van der Waals surface area contributed by atoms with Gasteiger partial charge in [-0.2, -0.15) is 0 Å². The summed E-state index contributed by atoms with van der Waals surface area (Å²) in [6, 6.07) is 0. The van der Waals surface area contributed by atoms with E-state index in [4.69, 9.17) is 10.5 Å². The molecule has 0 spiro atoms. The summed E-state index contributed by atoms with van der Waals surface area (Å²) < 4.78 is 4.95. The summed E-state index contributed by atoms with van der Waals surface area (Å²) in [5.74, 6) is 1.20. The Balaban J connectivity index is 2.65. The molecule has 0 aliphatic heterocycles. The minimum atomic E-state index is -0.416. The fraction of sp³-hybridized carbons (Fsp3) is 0.923. The van der Waals surface area contributed by atoms with Gasteiger partial charge in [-0.1, -0.05) is 26.7 Å². The van der Waals surface area contributed by atoms with Gasteiger partial charge in [-0.15, -0.1) is 0 Å². The van der Waals surface area contributed by atoms with E-state index >= 15 is 0 Å². The third-order valence-electron chi connectivity index (χ3n) is 3.59. The van der Waals surface area contributed by atoms with E-state index in [0.29, 0.717) is 18.4 Å². The Morgan fingerprint density at radius 3 is 2.50 bits per heavy atom. The zero-order valence-electron chi connectivity index (χ0n) is 10.8. The minimum Gasteiger partial charge on any atom is -0.469 e. The fourth-order valence-electron chi connectivity index (χ4n) is 2.21. The molecule has 0 amide bonds. The summed E-state index contributed by atoms with van der Waals surface area (Å²) in [5.41, 5.74) is 5.43. The highest BCUT2D eigenvalue weighted by Gasteiger charge is 2.42. The standard InChI is InChI=1S/C13H25NO2/c1-10(2)6-7-13(9-14,12(15)16-3)8-11-4-5-11/h10-11H,4-9,14H2,1-3H3. The molecule has 1 atom stereocenters. The van der Waals surface area contributed by atoms with E-state index < -0.39 is 5.41 Å². The van der Waals surface area contributed by atoms with Gasteiger partial charge in [0.25, 0.3) is 0 Å². The monoisotopic (exact) mass is 227 g/mol. The molecule has 2 N–H and O–H groups in total. The molecule has 1 rings (SSSR count). The summed E-state index contributed by atoms with van der Waals surface area (Å²) in [5, 5.41) is 0. The summed E-state index contributed by atoms with van der Waals surface area (Å²) in [6.07, 6.45) is 5.33. The quantitative estimate of drug-likeness (QED) is 0.679. The summed E-state index contributed by atoms with van der Waals surface area (Å²) in [6.45, 7) is 4.77. The molecular weight excluding hydrogens is 202 g/mol. The van der Waals surface area contributed by atoms with Gasteiger partial charge >= 0.3 is 5.97 Å². The Hall–Kier alpha value is -0.570. The molecule has 1 fully saturated rings. The number of carbonyl (C=O) groups is 1. The number of rotatable bonds is 7. The molecule has 94 valence electrons. The van der Waals surface area contributed by atoms with Gasteiger partial charge in [-0.3, -0.25) is 4.79 Å². The molecule has 0 saturated heterocycles. The van der Waals surface area contributed by atoms with Crippen LogP contribution in [0.15, 0.2) is 0 Å². The third kappa shape index (κ3) is 3.48. The summed E-state index contributed by atoms with van der Waals surface area (Å²) >= 11 is 0. The molecule has 1 aliphatic rings. The van der Waals surface area contributed by atoms with Gasteiger partial charge in [-0.05, 0) is 31.1 Å². The molecular formula is C13H25NO2. The first-order valence-electron chi connectivity index (χ1n) is 6.32. The Morgan fingerprint density at radius 2 is 2.12 bits per heavy atom. The smallest absolute Gasteiger partial charge is 0.313 e. The SMILES string of the molecule is COC(=O)C(CN)(CCC(C)C)CC1CC1. The number of carbonyl (C=O) groups excluding carboxylic acids is 1. The maximum atomic E-state index is 11.9. The second kappa shape index (κ2) is 5.67. The van der Waals surface area contributed by atoms with E-state index in [1.165, 1.54) is 20.0 Å². The average molecular weight is 227 g/mol. The van der Waals surface area contributed by atoms with Gasteiger partial charge in [0.2, 0.25) is 0 Å². The predicted octanol–water partition coefficient (Wildman–Crippen LogP) is 2.34. The first-order chi connectivity index (χ1) is 7.54. The van der Waals surface area contributed by atoms with Crippen LogP contribution in [0.3, 0.4) is 0 Å². The Kier molecular flexibility index (Phi) is 4.78. The van der Waals surface area contributed by atoms with Crippen molar-refractivity contribution in [3.05, 3.63) is 0 Å². The van der Waals surface area contributed by atoms with Crippen LogP contribution in [0.5, 0.6) is 0 Å². The van der Waals surface area contributed by atoms with Gasteiger partial charge in [0.05, 0.1) is 12.5 Å². The van der Waals surface area contributed by atoms with E-state index in [-0.39, 0.29) is 5.97 Å². The Morgan fingerprint density at radius 1 is 1.50 bits per heavy atom. The van der Waals surface area contributed by atoms with E-state index in [1.54, 1.807) is 0 Å². The number of hydrogen-bond acceptors (Lipinski definition) is 3. The van der Waals surface area contributed by atoms with Crippen molar-refractivity contribution in [3.63, 3.8) is 0 Å². The molecule has 0 aromatic carbocycles. The van der Waals surface area contributed by atoms with Gasteiger partial charge in [0.15, 0.2) is 0 Å². The molecule has 0 heterocycles. The van der Waals surface area contributed by atoms with Crippen molar-refractivity contribution in [2.24, 2.45) is 23.0 Å². The molecule has 0 bridgehead atoms. The molecule has 0 radical (unpaired) electrons. The normalized spacial score (nSPS) is 19.6. The van der Waals surface area contributed by atoms with Crippen LogP contribution in [0.4, 0.5) is 0 Å². The van der Waals surface area contributed by atoms with E-state index in [2.05, 4.69) is 13.8 Å². The van der Waals surface area contributed by atoms with Crippen LogP contribution < -0.4 is 5.73 Å². The van der Waals surface area contributed by atoms with Crippen LogP contribution in [0.25, 0.3) is 0 Å². The topological polar surface area (TPSA) is 52.3 Å². The molecule has 0 aromatic heterocycles. The molecule has 1 unspecified atom stereocenters. The number of nitrogens with two attached hydrogens (primary N) is 1. The molecule has 3 heteroatoms. The summed E-state index contributed by atoms with van der Waals surface area (Å²) in [7, 11) is 1.47. The molecule has 1 saturated carbocycles. The van der Waals surface area contributed by atoms with E-state index in [0.717, 1.165) is 19.3 Å². The highest BCUT2D eigenvalue weighted by atomic mass is 16.5. The van der Waals surface area contributed by atoms with Gasteiger partial charge < -0.3 is 10.5 Å². The fourth-order valence-corrected chi connectivity index (χ4v) is 2.21. The van der Waals surface area contributed by atoms with Crippen LogP contribution in [-0.2, 0) is 9.53 Å². The Labute approximate surface area is 98.7 Å². The first kappa shape index (κ1) is 13.5. The zero-order chi connectivity index (χ0) is 12.2. The zero-order valence-corrected chi connectivity index (χ0v) is 10.8. The van der Waals surface area contributed by atoms with E-state index in [9.17, 15) is 4.79 Å². The lowest BCUT2D eigenvalue weighted by Crippen LogP contribution is -2.40. The number of hydrogen-bond donors (Lipinski definition) is 1. The lowest BCUT2D eigenvalue weighted by Gasteiger charge is -2.30. The van der Waals surface area contributed by atoms with Gasteiger partial charge in [0.1, 0.15) is 0 Å². The largest absolute Gasteiger partial charge is 0.469 e. The third-order valence-corrected chi connectivity index (χ3v) is 3.59. The molecule has 16 heavy (non-hydrogen) atoms. The van der Waals surface area contributed by atoms with Crippen molar-refractivity contribution in [2.45, 2.75) is 46.0 Å².